The minimum atomic E-state index is -0.838. The van der Waals surface area contributed by atoms with Gasteiger partial charge in [0.2, 0.25) is 0 Å². The van der Waals surface area contributed by atoms with Gasteiger partial charge >= 0.3 is 12.0 Å². The number of pyridine rings is 1. The summed E-state index contributed by atoms with van der Waals surface area (Å²) >= 11 is 3.49. The highest BCUT2D eigenvalue weighted by atomic mass is 79.9. The third-order valence-corrected chi connectivity index (χ3v) is 4.80. The van der Waals surface area contributed by atoms with Crippen LogP contribution in [0.4, 0.5) is 10.6 Å². The lowest BCUT2D eigenvalue weighted by Crippen LogP contribution is -2.44. The molecule has 118 valence electrons. The number of aromatic nitrogens is 1. The number of carboxylic acids is 1. The Hall–Kier alpha value is -1.63. The molecular weight excluding hydrogens is 350 g/mol. The first kappa shape index (κ1) is 15.3. The summed E-state index contributed by atoms with van der Waals surface area (Å²) in [6.45, 7) is 0.842. The third kappa shape index (κ3) is 3.40. The van der Waals surface area contributed by atoms with Gasteiger partial charge in [-0.05, 0) is 53.7 Å². The lowest BCUT2D eigenvalue weighted by Gasteiger charge is -2.30. The Labute approximate surface area is 137 Å². The van der Waals surface area contributed by atoms with Crippen LogP contribution in [0.2, 0.25) is 0 Å². The molecule has 1 unspecified atom stereocenters. The largest absolute Gasteiger partial charge is 0.481 e. The molecule has 1 saturated heterocycles. The first-order valence-corrected chi connectivity index (χ1v) is 8.29. The summed E-state index contributed by atoms with van der Waals surface area (Å²) in [5, 5.41) is 11.9. The number of likely N-dealkylation sites (tertiary alicyclic amines) is 1. The number of piperidine rings is 1. The molecule has 1 aromatic rings. The van der Waals surface area contributed by atoms with Crippen molar-refractivity contribution in [2.75, 3.05) is 18.4 Å². The molecule has 0 aromatic carbocycles. The summed E-state index contributed by atoms with van der Waals surface area (Å²) in [5.41, 5.74) is 0.986. The summed E-state index contributed by atoms with van der Waals surface area (Å²) in [6, 6.07) is 3.38. The van der Waals surface area contributed by atoms with E-state index in [4.69, 9.17) is 5.11 Å². The van der Waals surface area contributed by atoms with E-state index in [1.807, 2.05) is 6.07 Å². The van der Waals surface area contributed by atoms with Gasteiger partial charge in [-0.1, -0.05) is 0 Å². The Morgan fingerprint density at radius 2 is 2.09 bits per heavy atom. The van der Waals surface area contributed by atoms with Crippen LogP contribution < -0.4 is 5.32 Å². The summed E-state index contributed by atoms with van der Waals surface area (Å²) in [5.74, 6) is -0.306. The quantitative estimate of drug-likeness (QED) is 0.859. The maximum absolute atomic E-state index is 12.3. The molecule has 1 atom stereocenters. The van der Waals surface area contributed by atoms with Crippen LogP contribution in [0.1, 0.15) is 37.3 Å². The zero-order valence-corrected chi connectivity index (χ0v) is 13.7. The van der Waals surface area contributed by atoms with Gasteiger partial charge in [-0.25, -0.2) is 9.78 Å². The molecule has 0 spiro atoms. The van der Waals surface area contributed by atoms with Gasteiger partial charge in [0.25, 0.3) is 0 Å². The third-order valence-electron chi connectivity index (χ3n) is 4.13. The summed E-state index contributed by atoms with van der Waals surface area (Å²) in [4.78, 5) is 29.4. The van der Waals surface area contributed by atoms with Crippen molar-refractivity contribution in [2.24, 2.45) is 5.92 Å². The van der Waals surface area contributed by atoms with E-state index < -0.39 is 11.9 Å². The van der Waals surface area contributed by atoms with E-state index in [1.54, 1.807) is 11.0 Å². The number of carbonyl (C=O) groups is 2. The average molecular weight is 368 g/mol. The lowest BCUT2D eigenvalue weighted by atomic mass is 9.99. The number of hydrogen-bond donors (Lipinski definition) is 2. The molecule has 2 fully saturated rings. The molecular formula is C15H18BrN3O3. The van der Waals surface area contributed by atoms with Crippen molar-refractivity contribution in [2.45, 2.75) is 31.6 Å². The molecule has 2 aliphatic rings. The Bertz CT molecular complexity index is 604. The lowest BCUT2D eigenvalue weighted by molar-refractivity contribution is -0.143. The number of nitrogens with one attached hydrogen (secondary N) is 1. The number of urea groups is 1. The maximum Gasteiger partial charge on any atom is 0.323 e. The van der Waals surface area contributed by atoms with Gasteiger partial charge in [0.05, 0.1) is 11.6 Å². The highest BCUT2D eigenvalue weighted by Crippen LogP contribution is 2.42. The van der Waals surface area contributed by atoms with Crippen molar-refractivity contribution >= 4 is 33.7 Å². The van der Waals surface area contributed by atoms with Gasteiger partial charge in [-0.2, -0.15) is 0 Å². The molecule has 1 saturated carbocycles. The molecule has 1 aliphatic heterocycles. The fourth-order valence-electron chi connectivity index (χ4n) is 2.72. The second-order valence-electron chi connectivity index (χ2n) is 5.89. The highest BCUT2D eigenvalue weighted by molar-refractivity contribution is 9.10. The minimum Gasteiger partial charge on any atom is -0.481 e. The predicted octanol–water partition coefficient (Wildman–Crippen LogP) is 3.05. The summed E-state index contributed by atoms with van der Waals surface area (Å²) in [6.07, 6.45) is 3.61. The van der Waals surface area contributed by atoms with Crippen LogP contribution in [-0.2, 0) is 4.79 Å². The van der Waals surface area contributed by atoms with Crippen molar-refractivity contribution in [1.82, 2.24) is 9.88 Å². The molecule has 0 bridgehead atoms. The van der Waals surface area contributed by atoms with E-state index in [9.17, 15) is 9.59 Å². The Morgan fingerprint density at radius 1 is 1.32 bits per heavy atom. The fraction of sp³-hybridized carbons (Fsp3) is 0.533. The number of carbonyl (C=O) groups excluding carboxylic acids is 1. The molecule has 2 heterocycles. The number of hydrogen-bond acceptors (Lipinski definition) is 3. The SMILES string of the molecule is O=C(O)C1CCCN(C(=O)Nc2ccc(Br)c(C3CC3)n2)C1. The van der Waals surface area contributed by atoms with Crippen LogP contribution in [-0.4, -0.2) is 40.1 Å². The van der Waals surface area contributed by atoms with E-state index in [0.29, 0.717) is 31.1 Å². The molecule has 0 radical (unpaired) electrons. The molecule has 2 amide bonds. The topological polar surface area (TPSA) is 82.5 Å². The second-order valence-corrected chi connectivity index (χ2v) is 6.75. The van der Waals surface area contributed by atoms with E-state index >= 15 is 0 Å². The predicted molar refractivity (Wildman–Crippen MR) is 84.9 cm³/mol. The van der Waals surface area contributed by atoms with Crippen LogP contribution in [0, 0.1) is 5.92 Å². The number of rotatable bonds is 3. The van der Waals surface area contributed by atoms with Gasteiger partial charge in [-0.3, -0.25) is 10.1 Å². The van der Waals surface area contributed by atoms with Gasteiger partial charge < -0.3 is 10.0 Å². The molecule has 3 rings (SSSR count). The van der Waals surface area contributed by atoms with Crippen LogP contribution in [0.3, 0.4) is 0 Å². The van der Waals surface area contributed by atoms with Crippen LogP contribution >= 0.6 is 15.9 Å². The molecule has 6 nitrogen and oxygen atoms in total. The van der Waals surface area contributed by atoms with E-state index in [0.717, 1.165) is 23.0 Å². The van der Waals surface area contributed by atoms with Crippen molar-refractivity contribution in [3.8, 4) is 0 Å². The molecule has 1 aliphatic carbocycles. The Balaban J connectivity index is 1.66. The first-order chi connectivity index (χ1) is 10.5. The number of nitrogens with zero attached hydrogens (tertiary/aromatic N) is 2. The Kier molecular flexibility index (Phi) is 4.33. The maximum atomic E-state index is 12.3. The van der Waals surface area contributed by atoms with Gasteiger partial charge in [-0.15, -0.1) is 0 Å². The average Bonchev–Trinajstić information content (AvgIpc) is 3.34. The van der Waals surface area contributed by atoms with Crippen LogP contribution in [0.5, 0.6) is 0 Å². The molecule has 2 N–H and O–H groups in total. The number of halogens is 1. The fourth-order valence-corrected chi connectivity index (χ4v) is 3.27. The van der Waals surface area contributed by atoms with Gasteiger partial charge in [0, 0.05) is 23.5 Å². The van der Waals surface area contributed by atoms with Crippen molar-refractivity contribution in [3.05, 3.63) is 22.3 Å². The van der Waals surface area contributed by atoms with Gasteiger partial charge in [0.1, 0.15) is 5.82 Å². The molecule has 22 heavy (non-hydrogen) atoms. The van der Waals surface area contributed by atoms with Crippen LogP contribution in [0.25, 0.3) is 0 Å². The summed E-state index contributed by atoms with van der Waals surface area (Å²) in [7, 11) is 0. The van der Waals surface area contributed by atoms with Crippen molar-refractivity contribution < 1.29 is 14.7 Å². The van der Waals surface area contributed by atoms with E-state index in [1.165, 1.54) is 0 Å². The van der Waals surface area contributed by atoms with Crippen LogP contribution in [0.15, 0.2) is 16.6 Å². The van der Waals surface area contributed by atoms with E-state index in [2.05, 4.69) is 26.2 Å². The zero-order chi connectivity index (χ0) is 15.7. The van der Waals surface area contributed by atoms with Gasteiger partial charge in [0.15, 0.2) is 0 Å². The molecule has 1 aromatic heterocycles. The number of carboxylic acid groups (broad SMARTS) is 1. The van der Waals surface area contributed by atoms with Crippen molar-refractivity contribution in [1.29, 1.82) is 0 Å². The summed E-state index contributed by atoms with van der Waals surface area (Å²) < 4.78 is 0.969. The highest BCUT2D eigenvalue weighted by Gasteiger charge is 2.29. The normalized spacial score (nSPS) is 21.5. The molecule has 7 heteroatoms. The standard InChI is InChI=1S/C15H18BrN3O3/c16-11-5-6-12(17-13(11)9-3-4-9)18-15(22)19-7-1-2-10(8-19)14(20)21/h5-6,9-10H,1-4,7-8H2,(H,20,21)(H,17,18,22). The zero-order valence-electron chi connectivity index (χ0n) is 12.1. The smallest absolute Gasteiger partial charge is 0.323 e. The van der Waals surface area contributed by atoms with E-state index in [-0.39, 0.29) is 12.6 Å². The first-order valence-electron chi connectivity index (χ1n) is 7.50. The minimum absolute atomic E-state index is 0.257. The monoisotopic (exact) mass is 367 g/mol. The second kappa shape index (κ2) is 6.24. The van der Waals surface area contributed by atoms with Crippen molar-refractivity contribution in [3.63, 3.8) is 0 Å². The number of anilines is 1. The number of amides is 2. The Morgan fingerprint density at radius 3 is 2.77 bits per heavy atom. The number of aliphatic carboxylic acids is 1.